The van der Waals surface area contributed by atoms with Crippen LogP contribution < -0.4 is 5.32 Å². The minimum absolute atomic E-state index is 0.189. The Hall–Kier alpha value is -2.72. The van der Waals surface area contributed by atoms with Crippen molar-refractivity contribution in [2.45, 2.75) is 100.0 Å². The Morgan fingerprint density at radius 2 is 1.47 bits per heavy atom. The van der Waals surface area contributed by atoms with Crippen molar-refractivity contribution in [2.75, 3.05) is 20.1 Å². The Bertz CT molecular complexity index is 920. The number of unbranched alkanes of at least 4 members (excludes halogenated alkanes) is 1. The lowest BCUT2D eigenvalue weighted by molar-refractivity contribution is 0.0593. The summed E-state index contributed by atoms with van der Waals surface area (Å²) >= 11 is 0. The summed E-state index contributed by atoms with van der Waals surface area (Å²) < 4.78 is 0. The molecule has 1 aromatic carbocycles. The minimum atomic E-state index is 0.189. The molecule has 2 aliphatic rings. The number of fused-ring (bicyclic) bond motifs is 1. The number of hydrogen-bond acceptors (Lipinski definition) is 4. The van der Waals surface area contributed by atoms with Crippen LogP contribution in [-0.2, 0) is 0 Å². The summed E-state index contributed by atoms with van der Waals surface area (Å²) in [4.78, 5) is 2.58. The lowest BCUT2D eigenvalue weighted by atomic mass is 10.0. The average molecular weight is 521 g/mol. The van der Waals surface area contributed by atoms with Crippen molar-refractivity contribution >= 4 is 0 Å². The molecule has 4 nitrogen and oxygen atoms in total. The third kappa shape index (κ3) is 9.23. The SMILES string of the molecule is C/C=C\C=C/C.C=C1CC(CC)=C(C)NC2=C(N(CCC)CCC)C(c3ccccc3)N(C)N12.CCCC. The molecule has 0 spiro atoms. The molecule has 2 heterocycles. The van der Waals surface area contributed by atoms with E-state index >= 15 is 0 Å². The molecule has 0 bridgehead atoms. The third-order valence-electron chi connectivity index (χ3n) is 6.82. The molecule has 1 N–H and O–H groups in total. The Morgan fingerprint density at radius 1 is 0.921 bits per heavy atom. The number of rotatable bonds is 9. The molecule has 38 heavy (non-hydrogen) atoms. The van der Waals surface area contributed by atoms with E-state index in [9.17, 15) is 0 Å². The fourth-order valence-corrected chi connectivity index (χ4v) is 4.74. The highest BCUT2D eigenvalue weighted by atomic mass is 15.7. The quantitative estimate of drug-likeness (QED) is 0.327. The molecule has 212 valence electrons. The van der Waals surface area contributed by atoms with Gasteiger partial charge in [0.25, 0.3) is 0 Å². The van der Waals surface area contributed by atoms with Crippen LogP contribution in [0.15, 0.2) is 89.7 Å². The summed E-state index contributed by atoms with van der Waals surface area (Å²) in [5.41, 5.74) is 6.55. The van der Waals surface area contributed by atoms with E-state index in [1.54, 1.807) is 0 Å². The number of likely N-dealkylation sites (N-methyl/N-ethyl adjacent to an activating group) is 1. The fraction of sp³-hybridized carbons (Fsp3) is 0.529. The van der Waals surface area contributed by atoms with Gasteiger partial charge in [-0.2, -0.15) is 0 Å². The minimum Gasteiger partial charge on any atom is -0.370 e. The van der Waals surface area contributed by atoms with E-state index in [4.69, 9.17) is 0 Å². The molecular weight excluding hydrogens is 464 g/mol. The summed E-state index contributed by atoms with van der Waals surface area (Å²) in [5, 5.41) is 8.47. The topological polar surface area (TPSA) is 21.8 Å². The van der Waals surface area contributed by atoms with Crippen LogP contribution in [0.4, 0.5) is 0 Å². The fourth-order valence-electron chi connectivity index (χ4n) is 4.74. The van der Waals surface area contributed by atoms with E-state index in [1.165, 1.54) is 41.2 Å². The zero-order valence-electron chi connectivity index (χ0n) is 26.0. The molecule has 0 aliphatic carbocycles. The first-order valence-electron chi connectivity index (χ1n) is 14.8. The highest BCUT2D eigenvalue weighted by molar-refractivity contribution is 5.38. The number of nitrogens with one attached hydrogen (secondary N) is 1. The van der Waals surface area contributed by atoms with Gasteiger partial charge in [-0.15, -0.1) is 0 Å². The van der Waals surface area contributed by atoms with E-state index in [2.05, 4.69) is 106 Å². The Labute approximate surface area is 235 Å². The lowest BCUT2D eigenvalue weighted by Gasteiger charge is -2.34. The van der Waals surface area contributed by atoms with Crippen LogP contribution in [0.3, 0.4) is 0 Å². The number of hydrogen-bond donors (Lipinski definition) is 1. The van der Waals surface area contributed by atoms with E-state index in [-0.39, 0.29) is 6.04 Å². The van der Waals surface area contributed by atoms with Crippen molar-refractivity contribution in [1.82, 2.24) is 20.2 Å². The standard InChI is InChI=1S/C24H36N4.C6H10.C4H10/c1-7-15-27(16-8-2)23-22(21-13-11-10-12-14-21)26(6)28-18(4)17-20(9-3)19(5)25-24(23)28;1-3-5-6-4-2;1-3-4-2/h10-14,22,25H,4,7-9,15-17H2,1-3,5-6H3;3-6H,1-2H3;3-4H2,1-2H3/b;5-3-,6-4-;. The summed E-state index contributed by atoms with van der Waals surface area (Å²) in [7, 11) is 2.19. The first kappa shape index (κ1) is 33.3. The van der Waals surface area contributed by atoms with Crippen LogP contribution in [0.5, 0.6) is 0 Å². The normalized spacial score (nSPS) is 17.7. The van der Waals surface area contributed by atoms with Crippen molar-refractivity contribution < 1.29 is 0 Å². The van der Waals surface area contributed by atoms with Crippen LogP contribution >= 0.6 is 0 Å². The summed E-state index contributed by atoms with van der Waals surface area (Å²) in [6, 6.07) is 11.1. The van der Waals surface area contributed by atoms with Gasteiger partial charge in [-0.05, 0) is 51.2 Å². The molecule has 1 unspecified atom stereocenters. The number of nitrogens with zero attached hydrogens (tertiary/aromatic N) is 3. The largest absolute Gasteiger partial charge is 0.370 e. The van der Waals surface area contributed by atoms with Gasteiger partial charge in [0.2, 0.25) is 0 Å². The molecule has 4 heteroatoms. The van der Waals surface area contributed by atoms with Gasteiger partial charge in [0, 0.05) is 38.0 Å². The van der Waals surface area contributed by atoms with E-state index < -0.39 is 0 Å². The predicted molar refractivity (Wildman–Crippen MR) is 168 cm³/mol. The average Bonchev–Trinajstić information content (AvgIpc) is 3.14. The first-order valence-corrected chi connectivity index (χ1v) is 14.8. The number of allylic oxidation sites excluding steroid dienone is 6. The molecule has 0 amide bonds. The maximum absolute atomic E-state index is 4.47. The molecule has 1 atom stereocenters. The van der Waals surface area contributed by atoms with Crippen LogP contribution in [0, 0.1) is 0 Å². The van der Waals surface area contributed by atoms with Crippen molar-refractivity contribution in [3.63, 3.8) is 0 Å². The van der Waals surface area contributed by atoms with Crippen molar-refractivity contribution in [3.05, 3.63) is 95.3 Å². The van der Waals surface area contributed by atoms with Crippen LogP contribution in [-0.4, -0.2) is 35.1 Å². The third-order valence-corrected chi connectivity index (χ3v) is 6.82. The highest BCUT2D eigenvalue weighted by Gasteiger charge is 2.42. The second-order valence-corrected chi connectivity index (χ2v) is 9.92. The van der Waals surface area contributed by atoms with Gasteiger partial charge in [0.05, 0.1) is 11.7 Å². The van der Waals surface area contributed by atoms with Crippen LogP contribution in [0.1, 0.15) is 106 Å². The zero-order valence-corrected chi connectivity index (χ0v) is 26.0. The maximum Gasteiger partial charge on any atom is 0.147 e. The van der Waals surface area contributed by atoms with E-state index in [0.29, 0.717) is 0 Å². The number of benzene rings is 1. The Balaban J connectivity index is 0.000000616. The molecule has 1 aromatic rings. The molecule has 3 rings (SSSR count). The molecule has 0 radical (unpaired) electrons. The smallest absolute Gasteiger partial charge is 0.147 e. The molecule has 0 saturated carbocycles. The number of hydrazine groups is 1. The molecule has 0 fully saturated rings. The van der Waals surface area contributed by atoms with Gasteiger partial charge < -0.3 is 10.2 Å². The highest BCUT2D eigenvalue weighted by Crippen LogP contribution is 2.44. The molecule has 2 aliphatic heterocycles. The predicted octanol–water partition coefficient (Wildman–Crippen LogP) is 9.32. The molecule has 0 aromatic heterocycles. The van der Waals surface area contributed by atoms with Crippen molar-refractivity contribution in [3.8, 4) is 0 Å². The van der Waals surface area contributed by atoms with E-state index in [0.717, 1.165) is 44.5 Å². The summed E-state index contributed by atoms with van der Waals surface area (Å²) in [5.74, 6) is 1.18. The molecule has 0 saturated heterocycles. The first-order chi connectivity index (χ1) is 18.4. The van der Waals surface area contributed by atoms with Crippen LogP contribution in [0.25, 0.3) is 0 Å². The van der Waals surface area contributed by atoms with Gasteiger partial charge in [-0.3, -0.25) is 5.01 Å². The van der Waals surface area contributed by atoms with Crippen molar-refractivity contribution in [1.29, 1.82) is 0 Å². The van der Waals surface area contributed by atoms with Crippen LogP contribution in [0.2, 0.25) is 0 Å². The van der Waals surface area contributed by atoms with Gasteiger partial charge in [0.15, 0.2) is 0 Å². The zero-order chi connectivity index (χ0) is 28.5. The Kier molecular flexibility index (Phi) is 16.2. The van der Waals surface area contributed by atoms with Gasteiger partial charge in [-0.1, -0.05) is 109 Å². The second-order valence-electron chi connectivity index (χ2n) is 9.92. The summed E-state index contributed by atoms with van der Waals surface area (Å²) in [6.45, 7) is 23.9. The van der Waals surface area contributed by atoms with Gasteiger partial charge >= 0.3 is 0 Å². The van der Waals surface area contributed by atoms with Crippen molar-refractivity contribution in [2.24, 2.45) is 0 Å². The second kappa shape index (κ2) is 18.5. The van der Waals surface area contributed by atoms with E-state index in [1.807, 2.05) is 38.2 Å². The summed E-state index contributed by atoms with van der Waals surface area (Å²) in [6.07, 6.45) is 14.9. The lowest BCUT2D eigenvalue weighted by Crippen LogP contribution is -2.37. The van der Waals surface area contributed by atoms with Gasteiger partial charge in [-0.25, -0.2) is 5.01 Å². The van der Waals surface area contributed by atoms with Gasteiger partial charge in [0.1, 0.15) is 5.82 Å². The maximum atomic E-state index is 4.47. The monoisotopic (exact) mass is 520 g/mol. The molecular formula is C34H56N4. The Morgan fingerprint density at radius 3 is 1.92 bits per heavy atom.